The molecule has 0 saturated carbocycles. The average molecular weight is 489 g/mol. The van der Waals surface area contributed by atoms with E-state index in [2.05, 4.69) is 15.5 Å². The van der Waals surface area contributed by atoms with Gasteiger partial charge in [-0.2, -0.15) is 5.10 Å². The third-order valence-electron chi connectivity index (χ3n) is 5.64. The monoisotopic (exact) mass is 488 g/mol. The Kier molecular flexibility index (Phi) is 6.98. The Labute approximate surface area is 209 Å². The molecule has 1 amide bonds. The van der Waals surface area contributed by atoms with E-state index in [0.29, 0.717) is 22.1 Å². The number of hydrazone groups is 1. The van der Waals surface area contributed by atoms with Crippen molar-refractivity contribution in [2.24, 2.45) is 10.1 Å². The molecule has 3 aromatic carbocycles. The number of nitrogens with one attached hydrogen (secondary N) is 1. The summed E-state index contributed by atoms with van der Waals surface area (Å²) in [5.41, 5.74) is 4.37. The molecule has 0 unspecified atom stereocenters. The second kappa shape index (κ2) is 10.1. The molecule has 7 nitrogen and oxygen atoms in total. The largest absolute Gasteiger partial charge is 0.464 e. The van der Waals surface area contributed by atoms with Crippen molar-refractivity contribution < 1.29 is 14.3 Å². The maximum Gasteiger partial charge on any atom is 0.338 e. The summed E-state index contributed by atoms with van der Waals surface area (Å²) >= 11 is 6.08. The van der Waals surface area contributed by atoms with Gasteiger partial charge in [-0.25, -0.2) is 9.79 Å². The number of halogens is 1. The number of carbonyl (C=O) groups excluding carboxylic acids is 2. The van der Waals surface area contributed by atoms with Crippen molar-refractivity contribution in [1.82, 2.24) is 0 Å². The molecule has 35 heavy (non-hydrogen) atoms. The number of para-hydroxylation sites is 1. The highest BCUT2D eigenvalue weighted by molar-refractivity contribution is 6.77. The van der Waals surface area contributed by atoms with Gasteiger partial charge >= 0.3 is 5.97 Å². The van der Waals surface area contributed by atoms with Crippen molar-refractivity contribution in [3.8, 4) is 0 Å². The molecule has 1 heterocycles. The van der Waals surface area contributed by atoms with Crippen molar-refractivity contribution in [2.75, 3.05) is 16.9 Å². The van der Waals surface area contributed by atoms with E-state index in [4.69, 9.17) is 16.3 Å². The molecule has 1 aliphatic heterocycles. The minimum atomic E-state index is -1.58. The second-order valence-corrected chi connectivity index (χ2v) is 8.58. The van der Waals surface area contributed by atoms with Gasteiger partial charge in [0, 0.05) is 10.7 Å². The van der Waals surface area contributed by atoms with E-state index in [1.807, 2.05) is 61.5 Å². The molecule has 0 bridgehead atoms. The van der Waals surface area contributed by atoms with Crippen molar-refractivity contribution >= 4 is 52.0 Å². The summed E-state index contributed by atoms with van der Waals surface area (Å²) in [6.45, 7) is 5.43. The van der Waals surface area contributed by atoms with E-state index >= 15 is 0 Å². The molecule has 0 aromatic heterocycles. The Bertz CT molecular complexity index is 1290. The van der Waals surface area contributed by atoms with Crippen LogP contribution >= 0.6 is 11.6 Å². The summed E-state index contributed by atoms with van der Waals surface area (Å²) in [5, 5.41) is 5.04. The van der Waals surface area contributed by atoms with Crippen LogP contribution in [0.3, 0.4) is 0 Å². The average Bonchev–Trinajstić information content (AvgIpc) is 3.07. The first kappa shape index (κ1) is 24.2. The molecular formula is C27H25ClN4O3. The quantitative estimate of drug-likeness (QED) is 0.364. The first-order valence-corrected chi connectivity index (χ1v) is 11.5. The maximum absolute atomic E-state index is 13.9. The number of amides is 1. The first-order valence-electron chi connectivity index (χ1n) is 11.2. The molecule has 1 N–H and O–H groups in total. The van der Waals surface area contributed by atoms with Gasteiger partial charge in [-0.1, -0.05) is 47.5 Å². The molecule has 0 radical (unpaired) electrons. The smallest absolute Gasteiger partial charge is 0.338 e. The molecule has 1 aliphatic rings. The summed E-state index contributed by atoms with van der Waals surface area (Å²) in [6.07, 6.45) is 0. The highest BCUT2D eigenvalue weighted by Crippen LogP contribution is 2.35. The Hall–Kier alpha value is -3.97. The van der Waals surface area contributed by atoms with Gasteiger partial charge in [-0.15, -0.1) is 0 Å². The number of ether oxygens (including phenoxy) is 1. The zero-order valence-corrected chi connectivity index (χ0v) is 20.4. The van der Waals surface area contributed by atoms with Crippen LogP contribution in [0.15, 0.2) is 89.0 Å². The highest BCUT2D eigenvalue weighted by atomic mass is 35.5. The number of aryl methyl sites for hydroxylation is 1. The number of rotatable bonds is 6. The number of aliphatic imine (C=N–C) groups is 1. The van der Waals surface area contributed by atoms with E-state index in [1.54, 1.807) is 38.1 Å². The number of benzene rings is 3. The molecule has 4 rings (SSSR count). The van der Waals surface area contributed by atoms with Crippen molar-refractivity contribution in [2.45, 2.75) is 26.3 Å². The lowest BCUT2D eigenvalue weighted by molar-refractivity contribution is -0.146. The molecule has 178 valence electrons. The number of anilines is 2. The summed E-state index contributed by atoms with van der Waals surface area (Å²) in [6, 6.07) is 23.3. The van der Waals surface area contributed by atoms with Gasteiger partial charge in [0.1, 0.15) is 5.71 Å². The summed E-state index contributed by atoms with van der Waals surface area (Å²) < 4.78 is 5.43. The SMILES string of the molecule is CCOC(=O)[C@@]1(C)/C(=N\Nc2ccccc2)C(=Nc2ccc(C)cc2)C(=O)N1c1ccc(Cl)cc1. The lowest BCUT2D eigenvalue weighted by Crippen LogP contribution is -2.55. The predicted octanol–water partition coefficient (Wildman–Crippen LogP) is 5.56. The van der Waals surface area contributed by atoms with Crippen LogP contribution in [0.25, 0.3) is 0 Å². The fraction of sp³-hybridized carbons (Fsp3) is 0.185. The Morgan fingerprint density at radius 1 is 1.03 bits per heavy atom. The van der Waals surface area contributed by atoms with Crippen LogP contribution in [-0.2, 0) is 14.3 Å². The highest BCUT2D eigenvalue weighted by Gasteiger charge is 2.59. The molecule has 1 atom stereocenters. The van der Waals surface area contributed by atoms with Gasteiger partial charge in [0.25, 0.3) is 5.91 Å². The van der Waals surface area contributed by atoms with Gasteiger partial charge in [0.05, 0.1) is 18.0 Å². The Morgan fingerprint density at radius 3 is 2.31 bits per heavy atom. The molecule has 1 fully saturated rings. The third-order valence-corrected chi connectivity index (χ3v) is 5.89. The van der Waals surface area contributed by atoms with Crippen molar-refractivity contribution in [3.05, 3.63) is 89.4 Å². The van der Waals surface area contributed by atoms with E-state index in [0.717, 1.165) is 5.56 Å². The molecule has 3 aromatic rings. The van der Waals surface area contributed by atoms with Gasteiger partial charge in [0.15, 0.2) is 11.3 Å². The van der Waals surface area contributed by atoms with Gasteiger partial charge < -0.3 is 4.74 Å². The molecule has 0 spiro atoms. The van der Waals surface area contributed by atoms with Gasteiger partial charge in [0.2, 0.25) is 0 Å². The summed E-state index contributed by atoms with van der Waals surface area (Å²) in [4.78, 5) is 33.3. The fourth-order valence-electron chi connectivity index (χ4n) is 3.82. The zero-order valence-electron chi connectivity index (χ0n) is 19.7. The van der Waals surface area contributed by atoms with Crippen molar-refractivity contribution in [3.63, 3.8) is 0 Å². The minimum Gasteiger partial charge on any atom is -0.464 e. The van der Waals surface area contributed by atoms with Crippen LogP contribution in [0.2, 0.25) is 5.02 Å². The van der Waals surface area contributed by atoms with Crippen LogP contribution in [0.4, 0.5) is 17.1 Å². The molecule has 8 heteroatoms. The normalized spacial score (nSPS) is 19.9. The van der Waals surface area contributed by atoms with Crippen LogP contribution in [0.1, 0.15) is 19.4 Å². The van der Waals surface area contributed by atoms with E-state index in [9.17, 15) is 9.59 Å². The fourth-order valence-corrected chi connectivity index (χ4v) is 3.94. The lowest BCUT2D eigenvalue weighted by atomic mass is 9.95. The number of carbonyl (C=O) groups is 2. The Balaban J connectivity index is 1.92. The predicted molar refractivity (Wildman–Crippen MR) is 140 cm³/mol. The van der Waals surface area contributed by atoms with E-state index in [1.165, 1.54) is 4.90 Å². The Morgan fingerprint density at radius 2 is 1.69 bits per heavy atom. The van der Waals surface area contributed by atoms with Gasteiger partial charge in [-0.05, 0) is 69.3 Å². The minimum absolute atomic E-state index is 0.0442. The third kappa shape index (κ3) is 4.81. The van der Waals surface area contributed by atoms with E-state index in [-0.39, 0.29) is 18.0 Å². The van der Waals surface area contributed by atoms with Crippen molar-refractivity contribution in [1.29, 1.82) is 0 Å². The lowest BCUT2D eigenvalue weighted by Gasteiger charge is -2.32. The number of hydrogen-bond donors (Lipinski definition) is 1. The molecule has 1 saturated heterocycles. The van der Waals surface area contributed by atoms with Gasteiger partial charge in [-0.3, -0.25) is 15.1 Å². The number of esters is 1. The zero-order chi connectivity index (χ0) is 25.0. The van der Waals surface area contributed by atoms with Crippen LogP contribution in [-0.4, -0.2) is 35.4 Å². The van der Waals surface area contributed by atoms with Crippen LogP contribution in [0.5, 0.6) is 0 Å². The standard InChI is InChI=1S/C27H25ClN4O3/c1-4-35-26(34)27(3)24(31-30-21-8-6-5-7-9-21)23(29-20-14-10-18(2)11-15-20)25(33)32(27)22-16-12-19(28)13-17-22/h5-17,30H,4H2,1-3H3/b29-23?,31-24-/t27-/m1/s1. The number of hydrogen-bond acceptors (Lipinski definition) is 6. The number of nitrogens with zero attached hydrogens (tertiary/aromatic N) is 3. The molecule has 0 aliphatic carbocycles. The second-order valence-electron chi connectivity index (χ2n) is 8.14. The van der Waals surface area contributed by atoms with Crippen LogP contribution in [0, 0.1) is 6.92 Å². The van der Waals surface area contributed by atoms with Crippen LogP contribution < -0.4 is 10.3 Å². The maximum atomic E-state index is 13.9. The topological polar surface area (TPSA) is 83.4 Å². The summed E-state index contributed by atoms with van der Waals surface area (Å²) in [7, 11) is 0. The summed E-state index contributed by atoms with van der Waals surface area (Å²) in [5.74, 6) is -1.09. The molecular weight excluding hydrogens is 464 g/mol. The van der Waals surface area contributed by atoms with E-state index < -0.39 is 17.4 Å². The first-order chi connectivity index (χ1) is 16.8.